The first kappa shape index (κ1) is 17.0. The molecule has 2 atom stereocenters. The highest BCUT2D eigenvalue weighted by atomic mass is 16.6. The molecule has 0 aliphatic carbocycles. The number of piperidine rings is 3. The van der Waals surface area contributed by atoms with E-state index in [2.05, 4.69) is 4.90 Å². The maximum Gasteiger partial charge on any atom is 0.315 e. The van der Waals surface area contributed by atoms with Crippen molar-refractivity contribution in [2.45, 2.75) is 38.3 Å². The van der Waals surface area contributed by atoms with Crippen molar-refractivity contribution in [3.63, 3.8) is 0 Å². The standard InChI is InChI=1S/C17H24N2O5/c1-3-24-17-14(19(21)22)9-11(10-15(17)23-2)8-13-16(20)12-4-6-18(13)7-5-12/h9-10,12-13,16,20H,3-8H2,1-2H3. The average molecular weight is 336 g/mol. The summed E-state index contributed by atoms with van der Waals surface area (Å²) in [5.74, 6) is 0.880. The Bertz CT molecular complexity index is 611. The summed E-state index contributed by atoms with van der Waals surface area (Å²) in [5, 5.41) is 21.9. The van der Waals surface area contributed by atoms with Crippen molar-refractivity contribution < 1.29 is 19.5 Å². The summed E-state index contributed by atoms with van der Waals surface area (Å²) in [6.45, 7) is 4.08. The second-order valence-corrected chi connectivity index (χ2v) is 6.47. The molecule has 3 saturated heterocycles. The summed E-state index contributed by atoms with van der Waals surface area (Å²) >= 11 is 0. The van der Waals surface area contributed by atoms with Crippen molar-refractivity contribution in [2.24, 2.45) is 5.92 Å². The molecule has 0 saturated carbocycles. The number of nitrogens with zero attached hydrogens (tertiary/aromatic N) is 2. The van der Waals surface area contributed by atoms with Crippen LogP contribution in [0.2, 0.25) is 0 Å². The van der Waals surface area contributed by atoms with E-state index in [0.717, 1.165) is 31.5 Å². The third-order valence-corrected chi connectivity index (χ3v) is 5.17. The molecule has 0 radical (unpaired) electrons. The Hall–Kier alpha value is -1.86. The van der Waals surface area contributed by atoms with Gasteiger partial charge in [0, 0.05) is 12.1 Å². The predicted octanol–water partition coefficient (Wildman–Crippen LogP) is 2.00. The van der Waals surface area contributed by atoms with Crippen molar-refractivity contribution in [1.82, 2.24) is 4.90 Å². The summed E-state index contributed by atoms with van der Waals surface area (Å²) in [6.07, 6.45) is 2.26. The number of nitro benzene ring substituents is 1. The van der Waals surface area contributed by atoms with Gasteiger partial charge in [-0.1, -0.05) is 0 Å². The Labute approximate surface area is 141 Å². The molecule has 2 unspecified atom stereocenters. The van der Waals surface area contributed by atoms with E-state index in [4.69, 9.17) is 9.47 Å². The van der Waals surface area contributed by atoms with E-state index in [-0.39, 0.29) is 23.6 Å². The first-order valence-electron chi connectivity index (χ1n) is 8.45. The van der Waals surface area contributed by atoms with Gasteiger partial charge in [-0.25, -0.2) is 0 Å². The number of methoxy groups -OCH3 is 1. The lowest BCUT2D eigenvalue weighted by molar-refractivity contribution is -0.386. The van der Waals surface area contributed by atoms with Crippen LogP contribution in [0.15, 0.2) is 12.1 Å². The Morgan fingerprint density at radius 3 is 2.62 bits per heavy atom. The molecule has 7 heteroatoms. The third kappa shape index (κ3) is 3.06. The second-order valence-electron chi connectivity index (χ2n) is 6.47. The van der Waals surface area contributed by atoms with Crippen LogP contribution >= 0.6 is 0 Å². The lowest BCUT2D eigenvalue weighted by atomic mass is 9.78. The molecule has 132 valence electrons. The Morgan fingerprint density at radius 2 is 2.08 bits per heavy atom. The number of hydrogen-bond donors (Lipinski definition) is 1. The number of aliphatic hydroxyl groups is 1. The minimum Gasteiger partial charge on any atom is -0.493 e. The molecule has 2 bridgehead atoms. The van der Waals surface area contributed by atoms with Crippen molar-refractivity contribution >= 4 is 5.69 Å². The van der Waals surface area contributed by atoms with Crippen LogP contribution in [0, 0.1) is 16.0 Å². The number of aliphatic hydroxyl groups excluding tert-OH is 1. The molecular formula is C17H24N2O5. The Balaban J connectivity index is 1.90. The van der Waals surface area contributed by atoms with E-state index in [0.29, 0.717) is 24.7 Å². The summed E-state index contributed by atoms with van der Waals surface area (Å²) < 4.78 is 10.7. The maximum absolute atomic E-state index is 11.4. The molecule has 4 rings (SSSR count). The van der Waals surface area contributed by atoms with Crippen LogP contribution in [0.1, 0.15) is 25.3 Å². The number of ether oxygens (including phenoxy) is 2. The van der Waals surface area contributed by atoms with Crippen LogP contribution < -0.4 is 9.47 Å². The van der Waals surface area contributed by atoms with Gasteiger partial charge in [-0.05, 0) is 56.8 Å². The molecule has 0 spiro atoms. The summed E-state index contributed by atoms with van der Waals surface area (Å²) in [7, 11) is 1.48. The molecule has 3 aliphatic heterocycles. The number of rotatable bonds is 6. The van der Waals surface area contributed by atoms with Crippen LogP contribution in [0.5, 0.6) is 11.5 Å². The summed E-state index contributed by atoms with van der Waals surface area (Å²) in [4.78, 5) is 13.3. The van der Waals surface area contributed by atoms with Crippen LogP contribution in [0.4, 0.5) is 5.69 Å². The first-order valence-corrected chi connectivity index (χ1v) is 8.45. The van der Waals surface area contributed by atoms with Gasteiger partial charge in [0.15, 0.2) is 5.75 Å². The molecule has 0 aromatic heterocycles. The van der Waals surface area contributed by atoms with E-state index in [1.54, 1.807) is 19.1 Å². The minimum absolute atomic E-state index is 0.0137. The Morgan fingerprint density at radius 1 is 1.38 bits per heavy atom. The van der Waals surface area contributed by atoms with Gasteiger partial charge in [0.25, 0.3) is 0 Å². The van der Waals surface area contributed by atoms with Crippen molar-refractivity contribution in [1.29, 1.82) is 0 Å². The fourth-order valence-corrected chi connectivity index (χ4v) is 3.95. The van der Waals surface area contributed by atoms with Gasteiger partial charge in [-0.2, -0.15) is 0 Å². The van der Waals surface area contributed by atoms with Gasteiger partial charge in [0.2, 0.25) is 5.75 Å². The molecular weight excluding hydrogens is 312 g/mol. The van der Waals surface area contributed by atoms with Crippen molar-refractivity contribution in [3.05, 3.63) is 27.8 Å². The Kier molecular flexibility index (Phi) is 4.91. The number of benzene rings is 1. The largest absolute Gasteiger partial charge is 0.493 e. The van der Waals surface area contributed by atoms with E-state index >= 15 is 0 Å². The highest BCUT2D eigenvalue weighted by Crippen LogP contribution is 2.40. The van der Waals surface area contributed by atoms with E-state index in [1.807, 2.05) is 0 Å². The summed E-state index contributed by atoms with van der Waals surface area (Å²) in [5.41, 5.74) is 0.704. The zero-order chi connectivity index (χ0) is 17.3. The van der Waals surface area contributed by atoms with Gasteiger partial charge < -0.3 is 14.6 Å². The molecule has 1 N–H and O–H groups in total. The minimum atomic E-state index is -0.444. The molecule has 7 nitrogen and oxygen atoms in total. The lowest BCUT2D eigenvalue weighted by Gasteiger charge is -2.49. The highest BCUT2D eigenvalue weighted by molar-refractivity contribution is 5.58. The number of nitro groups is 1. The van der Waals surface area contributed by atoms with Crippen LogP contribution in [0.3, 0.4) is 0 Å². The van der Waals surface area contributed by atoms with Crippen LogP contribution in [-0.4, -0.2) is 53.9 Å². The molecule has 3 fully saturated rings. The van der Waals surface area contributed by atoms with Gasteiger partial charge in [-0.3, -0.25) is 15.0 Å². The molecule has 0 amide bonds. The predicted molar refractivity (Wildman–Crippen MR) is 88.6 cm³/mol. The van der Waals surface area contributed by atoms with Gasteiger partial charge in [0.1, 0.15) is 0 Å². The van der Waals surface area contributed by atoms with E-state index < -0.39 is 4.92 Å². The summed E-state index contributed by atoms with van der Waals surface area (Å²) in [6, 6.07) is 3.34. The monoisotopic (exact) mass is 336 g/mol. The van der Waals surface area contributed by atoms with Crippen molar-refractivity contribution in [3.8, 4) is 11.5 Å². The molecule has 3 heterocycles. The van der Waals surface area contributed by atoms with Gasteiger partial charge in [-0.15, -0.1) is 0 Å². The topological polar surface area (TPSA) is 85.1 Å². The molecule has 24 heavy (non-hydrogen) atoms. The zero-order valence-electron chi connectivity index (χ0n) is 14.1. The van der Waals surface area contributed by atoms with Crippen LogP contribution in [0.25, 0.3) is 0 Å². The molecule has 1 aromatic rings. The average Bonchev–Trinajstić information content (AvgIpc) is 2.59. The van der Waals surface area contributed by atoms with Crippen LogP contribution in [-0.2, 0) is 6.42 Å². The van der Waals surface area contributed by atoms with Gasteiger partial charge in [0.05, 0.1) is 24.7 Å². The van der Waals surface area contributed by atoms with E-state index in [1.165, 1.54) is 7.11 Å². The number of hydrogen-bond acceptors (Lipinski definition) is 6. The number of fused-ring (bicyclic) bond motifs is 3. The third-order valence-electron chi connectivity index (χ3n) is 5.17. The fourth-order valence-electron chi connectivity index (χ4n) is 3.95. The maximum atomic E-state index is 11.4. The molecule has 1 aromatic carbocycles. The van der Waals surface area contributed by atoms with Gasteiger partial charge >= 0.3 is 5.69 Å². The quantitative estimate of drug-likeness (QED) is 0.632. The zero-order valence-corrected chi connectivity index (χ0v) is 14.1. The lowest BCUT2D eigenvalue weighted by Crippen LogP contribution is -2.58. The normalized spacial score (nSPS) is 28.6. The fraction of sp³-hybridized carbons (Fsp3) is 0.647. The van der Waals surface area contributed by atoms with Crippen molar-refractivity contribution in [2.75, 3.05) is 26.8 Å². The second kappa shape index (κ2) is 6.94. The van der Waals surface area contributed by atoms with E-state index in [9.17, 15) is 15.2 Å². The first-order chi connectivity index (χ1) is 11.5. The highest BCUT2D eigenvalue weighted by Gasteiger charge is 2.41. The SMILES string of the molecule is CCOc1c(OC)cc(CC2C(O)C3CCN2CC3)cc1[N+](=O)[O-]. The smallest absolute Gasteiger partial charge is 0.315 e. The molecule has 3 aliphatic rings.